The predicted octanol–water partition coefficient (Wildman–Crippen LogP) is 2.62. The van der Waals surface area contributed by atoms with Gasteiger partial charge in [0.15, 0.2) is 0 Å². The number of halogens is 1. The zero-order valence-electron chi connectivity index (χ0n) is 8.50. The molecule has 0 spiro atoms. The first-order valence-electron chi connectivity index (χ1n) is 4.67. The number of rotatable bonds is 0. The molecule has 0 aromatic carbocycles. The molecule has 2 rings (SSSR count). The molecule has 4 heteroatoms. The average molecular weight is 220 g/mol. The van der Waals surface area contributed by atoms with Crippen molar-refractivity contribution in [1.29, 1.82) is 0 Å². The second kappa shape index (κ2) is 3.92. The third-order valence-electron chi connectivity index (χ3n) is 1.92. The Labute approximate surface area is 92.9 Å². The van der Waals surface area contributed by atoms with Gasteiger partial charge < -0.3 is 4.98 Å². The lowest BCUT2D eigenvalue weighted by Crippen LogP contribution is -1.83. The van der Waals surface area contributed by atoms with Gasteiger partial charge in [0, 0.05) is 12.1 Å². The lowest BCUT2D eigenvalue weighted by atomic mass is 10.2. The van der Waals surface area contributed by atoms with Crippen LogP contribution in [0.15, 0.2) is 12.5 Å². The maximum absolute atomic E-state index is 5.98. The summed E-state index contributed by atoms with van der Waals surface area (Å²) in [7, 11) is 0. The van der Waals surface area contributed by atoms with Crippen LogP contribution in [0.3, 0.4) is 0 Å². The minimum atomic E-state index is 0.332. The molecule has 76 valence electrons. The molecular weight excluding hydrogens is 210 g/mol. The molecule has 0 saturated heterocycles. The van der Waals surface area contributed by atoms with Gasteiger partial charge in [0.1, 0.15) is 17.1 Å². The normalized spacial score (nSPS) is 10.4. The van der Waals surface area contributed by atoms with Gasteiger partial charge in [0.25, 0.3) is 0 Å². The third kappa shape index (κ3) is 1.95. The molecule has 2 aromatic heterocycles. The predicted molar refractivity (Wildman–Crippen MR) is 60.6 cm³/mol. The van der Waals surface area contributed by atoms with E-state index in [1.165, 1.54) is 6.33 Å². The zero-order chi connectivity index (χ0) is 10.8. The Morgan fingerprint density at radius 1 is 1.40 bits per heavy atom. The van der Waals surface area contributed by atoms with E-state index >= 15 is 0 Å². The zero-order valence-corrected chi connectivity index (χ0v) is 9.26. The highest BCUT2D eigenvalue weighted by Gasteiger charge is 2.07. The quantitative estimate of drug-likeness (QED) is 0.547. The van der Waals surface area contributed by atoms with Crippen molar-refractivity contribution in [2.24, 2.45) is 5.92 Å². The minimum absolute atomic E-state index is 0.332. The fraction of sp³-hybridized carbons (Fsp3) is 0.273. The van der Waals surface area contributed by atoms with Crippen LogP contribution in [0.4, 0.5) is 0 Å². The lowest BCUT2D eigenvalue weighted by molar-refractivity contribution is 0.866. The fourth-order valence-electron chi connectivity index (χ4n) is 1.25. The molecule has 0 unspecified atom stereocenters. The molecule has 0 amide bonds. The van der Waals surface area contributed by atoms with Crippen molar-refractivity contribution in [2.45, 2.75) is 13.8 Å². The van der Waals surface area contributed by atoms with Crippen LogP contribution >= 0.6 is 11.6 Å². The summed E-state index contributed by atoms with van der Waals surface area (Å²) < 4.78 is 0. The molecule has 0 atom stereocenters. The molecule has 0 bridgehead atoms. The van der Waals surface area contributed by atoms with Crippen molar-refractivity contribution in [3.8, 4) is 11.8 Å². The summed E-state index contributed by atoms with van der Waals surface area (Å²) in [4.78, 5) is 11.0. The summed E-state index contributed by atoms with van der Waals surface area (Å²) >= 11 is 5.98. The first-order chi connectivity index (χ1) is 7.18. The second-order valence-corrected chi connectivity index (χ2v) is 3.87. The number of fused-ring (bicyclic) bond motifs is 1. The Kier molecular flexibility index (Phi) is 2.61. The highest BCUT2D eigenvalue weighted by molar-refractivity contribution is 6.34. The topological polar surface area (TPSA) is 41.6 Å². The first-order valence-corrected chi connectivity index (χ1v) is 5.05. The van der Waals surface area contributed by atoms with Gasteiger partial charge in [0.2, 0.25) is 0 Å². The summed E-state index contributed by atoms with van der Waals surface area (Å²) in [6.45, 7) is 4.08. The van der Waals surface area contributed by atoms with Crippen LogP contribution < -0.4 is 0 Å². The van der Waals surface area contributed by atoms with Gasteiger partial charge in [-0.3, -0.25) is 0 Å². The summed E-state index contributed by atoms with van der Waals surface area (Å²) in [5.74, 6) is 6.48. The molecule has 0 aliphatic rings. The first kappa shape index (κ1) is 10.0. The van der Waals surface area contributed by atoms with Crippen LogP contribution in [0.2, 0.25) is 5.15 Å². The van der Waals surface area contributed by atoms with E-state index in [4.69, 9.17) is 11.6 Å². The summed E-state index contributed by atoms with van der Waals surface area (Å²) in [6, 6.07) is 0. The number of hydrogen-bond acceptors (Lipinski definition) is 2. The average Bonchev–Trinajstić information content (AvgIpc) is 2.59. The molecule has 1 N–H and O–H groups in total. The van der Waals surface area contributed by atoms with E-state index in [0.717, 1.165) is 16.6 Å². The number of aromatic amines is 1. The maximum atomic E-state index is 5.98. The molecule has 0 aliphatic heterocycles. The summed E-state index contributed by atoms with van der Waals surface area (Å²) in [5, 5.41) is 1.24. The standard InChI is InChI=1S/C11H10ClN3/c1-7(2)3-4-8-5-13-11-9(8)10(12)14-6-15-11/h5-7H,1-2H3,(H,13,14,15). The second-order valence-electron chi connectivity index (χ2n) is 3.51. The van der Waals surface area contributed by atoms with E-state index in [1.807, 2.05) is 13.8 Å². The molecule has 2 aromatic rings. The minimum Gasteiger partial charge on any atom is -0.345 e. The Hall–Kier alpha value is -1.53. The van der Waals surface area contributed by atoms with E-state index < -0.39 is 0 Å². The van der Waals surface area contributed by atoms with Gasteiger partial charge in [-0.15, -0.1) is 0 Å². The molecule has 0 aliphatic carbocycles. The van der Waals surface area contributed by atoms with Crippen molar-refractivity contribution in [1.82, 2.24) is 15.0 Å². The highest BCUT2D eigenvalue weighted by atomic mass is 35.5. The van der Waals surface area contributed by atoms with Crippen LogP contribution in [-0.4, -0.2) is 15.0 Å². The number of H-pyrrole nitrogens is 1. The third-order valence-corrected chi connectivity index (χ3v) is 2.21. The highest BCUT2D eigenvalue weighted by Crippen LogP contribution is 2.21. The van der Waals surface area contributed by atoms with Gasteiger partial charge in [-0.05, 0) is 0 Å². The van der Waals surface area contributed by atoms with Crippen molar-refractivity contribution < 1.29 is 0 Å². The van der Waals surface area contributed by atoms with Crippen molar-refractivity contribution >= 4 is 22.6 Å². The number of nitrogens with zero attached hydrogens (tertiary/aromatic N) is 2. The van der Waals surface area contributed by atoms with Gasteiger partial charge in [-0.1, -0.05) is 37.3 Å². The summed E-state index contributed by atoms with van der Waals surface area (Å²) in [6.07, 6.45) is 3.24. The van der Waals surface area contributed by atoms with E-state index in [9.17, 15) is 0 Å². The number of aromatic nitrogens is 3. The van der Waals surface area contributed by atoms with Crippen molar-refractivity contribution in [3.63, 3.8) is 0 Å². The van der Waals surface area contributed by atoms with E-state index in [0.29, 0.717) is 11.1 Å². The number of hydrogen-bond donors (Lipinski definition) is 1. The molecule has 0 radical (unpaired) electrons. The summed E-state index contributed by atoms with van der Waals surface area (Å²) in [5.41, 5.74) is 1.58. The molecule has 2 heterocycles. The smallest absolute Gasteiger partial charge is 0.143 e. The monoisotopic (exact) mass is 219 g/mol. The molecule has 0 saturated carbocycles. The van der Waals surface area contributed by atoms with Gasteiger partial charge in [0.05, 0.1) is 10.9 Å². The molecule has 0 fully saturated rings. The van der Waals surface area contributed by atoms with Gasteiger partial charge >= 0.3 is 0 Å². The van der Waals surface area contributed by atoms with Crippen molar-refractivity contribution in [3.05, 3.63) is 23.2 Å². The van der Waals surface area contributed by atoms with Crippen LogP contribution in [0.1, 0.15) is 19.4 Å². The Morgan fingerprint density at radius 2 is 2.20 bits per heavy atom. The van der Waals surface area contributed by atoms with Gasteiger partial charge in [-0.25, -0.2) is 9.97 Å². The van der Waals surface area contributed by atoms with Crippen LogP contribution in [0.25, 0.3) is 11.0 Å². The number of nitrogens with one attached hydrogen (secondary N) is 1. The Morgan fingerprint density at radius 3 is 2.93 bits per heavy atom. The van der Waals surface area contributed by atoms with E-state index in [1.54, 1.807) is 6.20 Å². The molecule has 15 heavy (non-hydrogen) atoms. The van der Waals surface area contributed by atoms with Crippen LogP contribution in [-0.2, 0) is 0 Å². The van der Waals surface area contributed by atoms with Crippen molar-refractivity contribution in [2.75, 3.05) is 0 Å². The van der Waals surface area contributed by atoms with Crippen LogP contribution in [0, 0.1) is 17.8 Å². The Balaban J connectivity index is 2.59. The Bertz CT molecular complexity index is 546. The van der Waals surface area contributed by atoms with E-state index in [2.05, 4.69) is 26.8 Å². The maximum Gasteiger partial charge on any atom is 0.143 e. The van der Waals surface area contributed by atoms with Gasteiger partial charge in [-0.2, -0.15) is 0 Å². The lowest BCUT2D eigenvalue weighted by Gasteiger charge is -1.92. The fourth-order valence-corrected chi connectivity index (χ4v) is 1.48. The largest absolute Gasteiger partial charge is 0.345 e. The van der Waals surface area contributed by atoms with Crippen LogP contribution in [0.5, 0.6) is 0 Å². The molecule has 3 nitrogen and oxygen atoms in total. The molecular formula is C11H10ClN3. The SMILES string of the molecule is CC(C)C#Cc1c[nH]c2ncnc(Cl)c12. The van der Waals surface area contributed by atoms with E-state index in [-0.39, 0.29) is 0 Å².